The summed E-state index contributed by atoms with van der Waals surface area (Å²) in [6, 6.07) is 10.7. The van der Waals surface area contributed by atoms with Crippen LogP contribution in [0.1, 0.15) is 16.1 Å². The topological polar surface area (TPSA) is 71.2 Å². The Bertz CT molecular complexity index is 594. The van der Waals surface area contributed by atoms with Crippen LogP contribution in [0.4, 0.5) is 0 Å². The number of carbonyl (C=O) groups excluding carboxylic acids is 2. The van der Waals surface area contributed by atoms with Gasteiger partial charge in [0, 0.05) is 17.8 Å². The van der Waals surface area contributed by atoms with Crippen LogP contribution in [-0.4, -0.2) is 30.0 Å². The number of aromatic amines is 1. The molecule has 0 saturated heterocycles. The Kier molecular flexibility index (Phi) is 5.40. The van der Waals surface area contributed by atoms with Crippen LogP contribution in [-0.2, 0) is 16.0 Å². The second kappa shape index (κ2) is 7.50. The van der Waals surface area contributed by atoms with E-state index in [4.69, 9.17) is 16.3 Å². The molecule has 0 aliphatic rings. The van der Waals surface area contributed by atoms with Gasteiger partial charge < -0.3 is 15.0 Å². The number of hydrogen-bond acceptors (Lipinski definition) is 3. The van der Waals surface area contributed by atoms with Crippen molar-refractivity contribution in [2.75, 3.05) is 13.2 Å². The number of benzene rings is 1. The quantitative estimate of drug-likeness (QED) is 0.804. The van der Waals surface area contributed by atoms with Gasteiger partial charge in [0.05, 0.1) is 0 Å². The third-order valence-electron chi connectivity index (χ3n) is 2.80. The Morgan fingerprint density at radius 3 is 2.62 bits per heavy atom. The van der Waals surface area contributed by atoms with E-state index in [0.717, 1.165) is 5.56 Å². The van der Waals surface area contributed by atoms with Crippen LogP contribution >= 0.6 is 11.6 Å². The molecular formula is C15H15ClN2O3. The average Bonchev–Trinajstić information content (AvgIpc) is 3.01. The van der Waals surface area contributed by atoms with E-state index in [9.17, 15) is 9.59 Å². The SMILES string of the molecule is O=C(COC(=O)c1ccc[nH]1)NCCc1ccc(Cl)cc1. The fourth-order valence-corrected chi connectivity index (χ4v) is 1.84. The number of esters is 1. The first kappa shape index (κ1) is 15.1. The Morgan fingerprint density at radius 2 is 1.95 bits per heavy atom. The smallest absolute Gasteiger partial charge is 0.355 e. The molecule has 6 heteroatoms. The molecule has 0 unspecified atom stereocenters. The van der Waals surface area contributed by atoms with Gasteiger partial charge in [-0.2, -0.15) is 0 Å². The summed E-state index contributed by atoms with van der Waals surface area (Å²) >= 11 is 5.79. The monoisotopic (exact) mass is 306 g/mol. The van der Waals surface area contributed by atoms with Gasteiger partial charge in [0.1, 0.15) is 5.69 Å². The number of aromatic nitrogens is 1. The summed E-state index contributed by atoms with van der Waals surface area (Å²) in [4.78, 5) is 25.7. The molecule has 1 amide bonds. The molecule has 0 fully saturated rings. The Labute approximate surface area is 127 Å². The van der Waals surface area contributed by atoms with Crippen molar-refractivity contribution < 1.29 is 14.3 Å². The van der Waals surface area contributed by atoms with Crippen molar-refractivity contribution in [2.45, 2.75) is 6.42 Å². The average molecular weight is 307 g/mol. The van der Waals surface area contributed by atoms with Crippen LogP contribution in [0.3, 0.4) is 0 Å². The molecule has 110 valence electrons. The van der Waals surface area contributed by atoms with E-state index in [-0.39, 0.29) is 12.5 Å². The van der Waals surface area contributed by atoms with E-state index >= 15 is 0 Å². The van der Waals surface area contributed by atoms with E-state index in [1.807, 2.05) is 12.1 Å². The minimum Gasteiger partial charge on any atom is -0.451 e. The summed E-state index contributed by atoms with van der Waals surface area (Å²) in [6.07, 6.45) is 2.30. The summed E-state index contributed by atoms with van der Waals surface area (Å²) in [5.41, 5.74) is 1.40. The number of halogens is 1. The highest BCUT2D eigenvalue weighted by Crippen LogP contribution is 2.09. The predicted molar refractivity (Wildman–Crippen MR) is 79.2 cm³/mol. The fourth-order valence-electron chi connectivity index (χ4n) is 1.71. The summed E-state index contributed by atoms with van der Waals surface area (Å²) in [7, 11) is 0. The number of H-pyrrole nitrogens is 1. The van der Waals surface area contributed by atoms with E-state index in [2.05, 4.69) is 10.3 Å². The summed E-state index contributed by atoms with van der Waals surface area (Å²) < 4.78 is 4.87. The van der Waals surface area contributed by atoms with Crippen molar-refractivity contribution >= 4 is 23.5 Å². The van der Waals surface area contributed by atoms with Crippen molar-refractivity contribution in [3.8, 4) is 0 Å². The first-order valence-corrected chi connectivity index (χ1v) is 6.84. The maximum absolute atomic E-state index is 11.5. The van der Waals surface area contributed by atoms with Crippen molar-refractivity contribution in [2.24, 2.45) is 0 Å². The van der Waals surface area contributed by atoms with Gasteiger partial charge in [-0.05, 0) is 36.2 Å². The summed E-state index contributed by atoms with van der Waals surface area (Å²) in [6.45, 7) is 0.180. The molecule has 5 nitrogen and oxygen atoms in total. The first-order valence-electron chi connectivity index (χ1n) is 6.47. The molecule has 0 radical (unpaired) electrons. The second-order valence-corrected chi connectivity index (χ2v) is 4.82. The predicted octanol–water partition coefficient (Wildman–Crippen LogP) is 2.18. The van der Waals surface area contributed by atoms with E-state index < -0.39 is 5.97 Å². The normalized spacial score (nSPS) is 10.1. The van der Waals surface area contributed by atoms with Crippen molar-refractivity contribution in [3.05, 3.63) is 58.9 Å². The number of ether oxygens (including phenoxy) is 1. The van der Waals surface area contributed by atoms with E-state index in [1.54, 1.807) is 30.5 Å². The number of carbonyl (C=O) groups is 2. The number of nitrogens with one attached hydrogen (secondary N) is 2. The molecule has 0 aliphatic carbocycles. The maximum Gasteiger partial charge on any atom is 0.355 e. The lowest BCUT2D eigenvalue weighted by Crippen LogP contribution is -2.30. The molecular weight excluding hydrogens is 292 g/mol. The number of amides is 1. The molecule has 2 N–H and O–H groups in total. The van der Waals surface area contributed by atoms with E-state index in [0.29, 0.717) is 23.7 Å². The van der Waals surface area contributed by atoms with Crippen LogP contribution in [0.25, 0.3) is 0 Å². The standard InChI is InChI=1S/C15H15ClN2O3/c16-12-5-3-11(4-6-12)7-9-18-14(19)10-21-15(20)13-2-1-8-17-13/h1-6,8,17H,7,9-10H2,(H,18,19). The summed E-state index contributed by atoms with van der Waals surface area (Å²) in [5, 5.41) is 3.37. The molecule has 21 heavy (non-hydrogen) atoms. The van der Waals surface area contributed by atoms with Crippen LogP contribution in [0.5, 0.6) is 0 Å². The van der Waals surface area contributed by atoms with Gasteiger partial charge in [0.25, 0.3) is 5.91 Å². The van der Waals surface area contributed by atoms with Crippen molar-refractivity contribution in [3.63, 3.8) is 0 Å². The molecule has 2 rings (SSSR count). The molecule has 1 aromatic carbocycles. The largest absolute Gasteiger partial charge is 0.451 e. The van der Waals surface area contributed by atoms with Gasteiger partial charge in [0.2, 0.25) is 0 Å². The van der Waals surface area contributed by atoms with Crippen molar-refractivity contribution in [1.82, 2.24) is 10.3 Å². The highest BCUT2D eigenvalue weighted by molar-refractivity contribution is 6.30. The highest BCUT2D eigenvalue weighted by atomic mass is 35.5. The van der Waals surface area contributed by atoms with Gasteiger partial charge in [0.15, 0.2) is 6.61 Å². The number of hydrogen-bond donors (Lipinski definition) is 2. The zero-order valence-corrected chi connectivity index (χ0v) is 12.0. The van der Waals surface area contributed by atoms with Gasteiger partial charge in [-0.15, -0.1) is 0 Å². The molecule has 0 aliphatic heterocycles. The lowest BCUT2D eigenvalue weighted by Gasteiger charge is -2.06. The molecule has 0 bridgehead atoms. The minimum absolute atomic E-state index is 0.293. The zero-order valence-electron chi connectivity index (χ0n) is 11.3. The minimum atomic E-state index is -0.548. The maximum atomic E-state index is 11.5. The molecule has 0 saturated carbocycles. The molecule has 1 aromatic heterocycles. The van der Waals surface area contributed by atoms with Gasteiger partial charge in [-0.1, -0.05) is 23.7 Å². The number of rotatable bonds is 6. The fraction of sp³-hybridized carbons (Fsp3) is 0.200. The van der Waals surface area contributed by atoms with Gasteiger partial charge in [-0.25, -0.2) is 4.79 Å². The third-order valence-corrected chi connectivity index (χ3v) is 3.05. The Hall–Kier alpha value is -2.27. The second-order valence-electron chi connectivity index (χ2n) is 4.39. The first-order chi connectivity index (χ1) is 10.1. The van der Waals surface area contributed by atoms with Crippen LogP contribution in [0.2, 0.25) is 5.02 Å². The van der Waals surface area contributed by atoms with E-state index in [1.165, 1.54) is 0 Å². The van der Waals surface area contributed by atoms with Crippen LogP contribution in [0.15, 0.2) is 42.6 Å². The Balaban J connectivity index is 1.66. The van der Waals surface area contributed by atoms with Crippen LogP contribution < -0.4 is 5.32 Å². The Morgan fingerprint density at radius 1 is 1.19 bits per heavy atom. The van der Waals surface area contributed by atoms with Gasteiger partial charge >= 0.3 is 5.97 Å². The van der Waals surface area contributed by atoms with Gasteiger partial charge in [-0.3, -0.25) is 4.79 Å². The van der Waals surface area contributed by atoms with Crippen LogP contribution in [0, 0.1) is 0 Å². The molecule has 1 heterocycles. The lowest BCUT2D eigenvalue weighted by atomic mass is 10.1. The zero-order chi connectivity index (χ0) is 15.1. The third kappa shape index (κ3) is 4.96. The lowest BCUT2D eigenvalue weighted by molar-refractivity contribution is -0.124. The molecule has 0 atom stereocenters. The summed E-state index contributed by atoms with van der Waals surface area (Å²) in [5.74, 6) is -0.878. The van der Waals surface area contributed by atoms with Crippen molar-refractivity contribution in [1.29, 1.82) is 0 Å². The molecule has 2 aromatic rings. The highest BCUT2D eigenvalue weighted by Gasteiger charge is 2.10. The molecule has 0 spiro atoms.